The van der Waals surface area contributed by atoms with Crippen molar-refractivity contribution in [3.63, 3.8) is 0 Å². The maximum atomic E-state index is 2.47. The molecule has 0 saturated carbocycles. The molecule has 0 amide bonds. The second kappa shape index (κ2) is 14.6. The Kier molecular flexibility index (Phi) is 8.25. The second-order valence-corrected chi connectivity index (χ2v) is 16.8. The average molecular weight is 813 g/mol. The van der Waals surface area contributed by atoms with Gasteiger partial charge in [0, 0.05) is 33.4 Å². The Balaban J connectivity index is 1.06. The molecule has 11 aromatic carbocycles. The number of benzene rings is 11. The number of aromatic nitrogens is 1. The predicted octanol–water partition coefficient (Wildman–Crippen LogP) is 17.2. The topological polar surface area (TPSA) is 8.17 Å². The van der Waals surface area contributed by atoms with E-state index >= 15 is 0 Å². The van der Waals surface area contributed by atoms with Gasteiger partial charge in [-0.2, -0.15) is 0 Å². The van der Waals surface area contributed by atoms with E-state index in [1.807, 2.05) is 0 Å². The molecule has 64 heavy (non-hydrogen) atoms. The number of anilines is 3. The number of nitrogens with zero attached hydrogens (tertiary/aromatic N) is 2. The Morgan fingerprint density at radius 2 is 0.859 bits per heavy atom. The lowest BCUT2D eigenvalue weighted by Crippen LogP contribution is -2.11. The van der Waals surface area contributed by atoms with E-state index in [1.165, 1.54) is 93.4 Å². The zero-order valence-electron chi connectivity index (χ0n) is 35.0. The van der Waals surface area contributed by atoms with Crippen molar-refractivity contribution in [3.05, 3.63) is 243 Å². The number of hydrogen-bond acceptors (Lipinski definition) is 1. The van der Waals surface area contributed by atoms with Crippen molar-refractivity contribution in [1.82, 2.24) is 4.57 Å². The fourth-order valence-electron chi connectivity index (χ4n) is 10.5. The van der Waals surface area contributed by atoms with E-state index in [1.54, 1.807) is 0 Å². The van der Waals surface area contributed by atoms with Crippen LogP contribution in [0.3, 0.4) is 0 Å². The van der Waals surface area contributed by atoms with Gasteiger partial charge in [0.25, 0.3) is 0 Å². The van der Waals surface area contributed by atoms with E-state index in [4.69, 9.17) is 0 Å². The Hall–Kier alpha value is -8.46. The molecule has 0 atom stereocenters. The molecule has 0 aliphatic heterocycles. The molecule has 0 radical (unpaired) electrons. The van der Waals surface area contributed by atoms with Gasteiger partial charge in [0.05, 0.1) is 16.7 Å². The largest absolute Gasteiger partial charge is 0.310 e. The highest BCUT2D eigenvalue weighted by molar-refractivity contribution is 6.22. The van der Waals surface area contributed by atoms with E-state index in [2.05, 4.69) is 252 Å². The van der Waals surface area contributed by atoms with Crippen LogP contribution < -0.4 is 4.90 Å². The molecule has 298 valence electrons. The van der Waals surface area contributed by atoms with Gasteiger partial charge in [-0.05, 0) is 126 Å². The highest BCUT2D eigenvalue weighted by atomic mass is 15.1. The molecule has 0 N–H and O–H groups in total. The van der Waals surface area contributed by atoms with Crippen LogP contribution in [0.4, 0.5) is 17.1 Å². The zero-order chi connectivity index (χ0) is 42.1. The second-order valence-electron chi connectivity index (χ2n) is 16.8. The molecule has 13 rings (SSSR count). The minimum Gasteiger partial charge on any atom is -0.310 e. The van der Waals surface area contributed by atoms with Gasteiger partial charge in [0.2, 0.25) is 0 Å². The average Bonchev–Trinajstić information content (AvgIpc) is 3.88. The lowest BCUT2D eigenvalue weighted by atomic mass is 9.92. The number of fused-ring (bicyclic) bond motifs is 8. The minimum absolute atomic E-state index is 1.09. The number of rotatable bonds is 7. The van der Waals surface area contributed by atoms with Gasteiger partial charge < -0.3 is 9.47 Å². The summed E-state index contributed by atoms with van der Waals surface area (Å²) in [7, 11) is 0. The Bertz CT molecular complexity index is 3780. The number of para-hydroxylation sites is 2. The zero-order valence-corrected chi connectivity index (χ0v) is 35.0. The lowest BCUT2D eigenvalue weighted by Gasteiger charge is -2.28. The predicted molar refractivity (Wildman–Crippen MR) is 271 cm³/mol. The van der Waals surface area contributed by atoms with E-state index in [-0.39, 0.29) is 0 Å². The lowest BCUT2D eigenvalue weighted by molar-refractivity contribution is 1.18. The van der Waals surface area contributed by atoms with Crippen LogP contribution >= 0.6 is 0 Å². The molecule has 1 heterocycles. The third-order valence-electron chi connectivity index (χ3n) is 13.3. The summed E-state index contributed by atoms with van der Waals surface area (Å²) in [6.07, 6.45) is 0. The fraction of sp³-hybridized carbons (Fsp3) is 0. The first-order valence-electron chi connectivity index (χ1n) is 22.1. The molecule has 0 unspecified atom stereocenters. The van der Waals surface area contributed by atoms with E-state index in [0.717, 1.165) is 28.3 Å². The first kappa shape index (κ1) is 36.2. The smallest absolute Gasteiger partial charge is 0.0547 e. The van der Waals surface area contributed by atoms with E-state index in [9.17, 15) is 0 Å². The van der Waals surface area contributed by atoms with Gasteiger partial charge in [-0.1, -0.05) is 188 Å². The van der Waals surface area contributed by atoms with Crippen molar-refractivity contribution in [1.29, 1.82) is 0 Å². The molecule has 1 aliphatic carbocycles. The van der Waals surface area contributed by atoms with Crippen LogP contribution in [0.2, 0.25) is 0 Å². The van der Waals surface area contributed by atoms with E-state index in [0.29, 0.717) is 0 Å². The summed E-state index contributed by atoms with van der Waals surface area (Å²) >= 11 is 0. The van der Waals surface area contributed by atoms with Crippen molar-refractivity contribution in [2.75, 3.05) is 4.90 Å². The van der Waals surface area contributed by atoms with Gasteiger partial charge in [0.15, 0.2) is 0 Å². The SMILES string of the molecule is c1ccc(-c2cccc(N(c3ccc(-c4ccccc4-n4c5ccccc5c5c6ccccc6ccc54)c(-c4ccccc4)c3)c3cc4c5c(cccc5c3)-c3ccccc3-4)c2)cc1. The van der Waals surface area contributed by atoms with Crippen molar-refractivity contribution in [2.24, 2.45) is 0 Å². The minimum atomic E-state index is 1.09. The molecular formula is C62H40N2. The fourth-order valence-corrected chi connectivity index (χ4v) is 10.5. The standard InChI is InChI=1S/C62H40N2/c1-3-17-41(18-4-1)44-22-15-24-46(37-44)63(48-38-45-23-16-30-54-50-26-9-10-27-51(50)57(40-48)61(45)54)47-34-35-52(56(39-47)42-19-5-2-6-20-42)53-28-11-13-31-58(53)64-59-32-14-12-29-55(59)62-49-25-8-7-21-43(49)33-36-60(62)64/h1-40H. The first-order valence-corrected chi connectivity index (χ1v) is 22.1. The van der Waals surface area contributed by atoms with Crippen LogP contribution in [0.15, 0.2) is 243 Å². The molecule has 0 bridgehead atoms. The summed E-state index contributed by atoms with van der Waals surface area (Å²) < 4.78 is 2.47. The Labute approximate surface area is 372 Å². The summed E-state index contributed by atoms with van der Waals surface area (Å²) in [5, 5.41) is 7.61. The highest BCUT2D eigenvalue weighted by Crippen LogP contribution is 2.51. The van der Waals surface area contributed by atoms with Crippen LogP contribution in [0.25, 0.3) is 105 Å². The Morgan fingerprint density at radius 1 is 0.266 bits per heavy atom. The number of hydrogen-bond donors (Lipinski definition) is 0. The van der Waals surface area contributed by atoms with E-state index < -0.39 is 0 Å². The van der Waals surface area contributed by atoms with Crippen LogP contribution in [0.5, 0.6) is 0 Å². The molecule has 1 aliphatic rings. The summed E-state index contributed by atoms with van der Waals surface area (Å²) in [5.74, 6) is 0. The molecule has 0 spiro atoms. The summed E-state index contributed by atoms with van der Waals surface area (Å²) in [5.41, 5.74) is 19.0. The molecule has 2 nitrogen and oxygen atoms in total. The quantitative estimate of drug-likeness (QED) is 0.156. The summed E-state index contributed by atoms with van der Waals surface area (Å²) in [6, 6.07) is 89.1. The normalized spacial score (nSPS) is 11.8. The van der Waals surface area contributed by atoms with Gasteiger partial charge in [-0.25, -0.2) is 0 Å². The van der Waals surface area contributed by atoms with Gasteiger partial charge in [-0.3, -0.25) is 0 Å². The third-order valence-corrected chi connectivity index (χ3v) is 13.3. The van der Waals surface area contributed by atoms with Gasteiger partial charge in [-0.15, -0.1) is 0 Å². The monoisotopic (exact) mass is 812 g/mol. The van der Waals surface area contributed by atoms with Crippen LogP contribution in [-0.4, -0.2) is 4.57 Å². The van der Waals surface area contributed by atoms with Crippen molar-refractivity contribution in [2.45, 2.75) is 0 Å². The van der Waals surface area contributed by atoms with Crippen molar-refractivity contribution in [3.8, 4) is 61.3 Å². The van der Waals surface area contributed by atoms with Crippen molar-refractivity contribution >= 4 is 60.4 Å². The van der Waals surface area contributed by atoms with Gasteiger partial charge >= 0.3 is 0 Å². The molecule has 0 saturated heterocycles. The summed E-state index contributed by atoms with van der Waals surface area (Å²) in [6.45, 7) is 0. The highest BCUT2D eigenvalue weighted by Gasteiger charge is 2.25. The summed E-state index contributed by atoms with van der Waals surface area (Å²) in [4.78, 5) is 2.45. The van der Waals surface area contributed by atoms with Crippen LogP contribution in [0, 0.1) is 0 Å². The molecular weight excluding hydrogens is 773 g/mol. The van der Waals surface area contributed by atoms with Crippen LogP contribution in [-0.2, 0) is 0 Å². The Morgan fingerprint density at radius 3 is 1.70 bits per heavy atom. The third kappa shape index (κ3) is 5.66. The van der Waals surface area contributed by atoms with Crippen molar-refractivity contribution < 1.29 is 0 Å². The van der Waals surface area contributed by atoms with Gasteiger partial charge in [0.1, 0.15) is 0 Å². The first-order chi connectivity index (χ1) is 31.8. The maximum Gasteiger partial charge on any atom is 0.0547 e. The van der Waals surface area contributed by atoms with Crippen LogP contribution in [0.1, 0.15) is 0 Å². The molecule has 12 aromatic rings. The molecule has 0 fully saturated rings. The molecule has 2 heteroatoms. The maximum absolute atomic E-state index is 2.47. The molecule has 1 aromatic heterocycles.